The van der Waals surface area contributed by atoms with Gasteiger partial charge in [0.05, 0.1) is 23.1 Å². The van der Waals surface area contributed by atoms with Crippen LogP contribution in [0.25, 0.3) is 55.8 Å². The minimum Gasteiger partial charge on any atom is -0.337 e. The van der Waals surface area contributed by atoms with Crippen LogP contribution in [-0.2, 0) is 14.6 Å². The normalized spacial score (nSPS) is 14.7. The molecule has 4 aromatic heterocycles. The first kappa shape index (κ1) is 29.6. The van der Waals surface area contributed by atoms with Gasteiger partial charge in [-0.15, -0.1) is 0 Å². The van der Waals surface area contributed by atoms with E-state index in [-0.39, 0.29) is 28.5 Å². The molecule has 7 rings (SSSR count). The number of nitrogens with two attached hydrogens (primary N) is 1. The third-order valence-corrected chi connectivity index (χ3v) is 9.49. The number of nitrogens with one attached hydrogen (secondary N) is 3. The Kier molecular flexibility index (Phi) is 7.32. The number of aromatic amines is 2. The molecule has 0 bridgehead atoms. The summed E-state index contributed by atoms with van der Waals surface area (Å²) in [6, 6.07) is 10.3. The number of pyridine rings is 2. The van der Waals surface area contributed by atoms with E-state index in [9.17, 15) is 17.6 Å². The standard InChI is InChI=1S/C32H28F2N8O3S/c1-46(44,45)30(35)19-8-18(9-21(33)10-19)26-29-25(6-7-37-26)39-31(40-29)28-23-12-17(13-24(34)27(23)41-42-28)20-11-22(15-36-14-20)38-32(43)16-4-2-3-5-16/h6-16,30H,2-5,35H2,1H3,(H,38,43)(H,39,40)(H,41,42). The van der Waals surface area contributed by atoms with Crippen LogP contribution in [0.3, 0.4) is 0 Å². The quantitative estimate of drug-likeness (QED) is 0.173. The predicted octanol–water partition coefficient (Wildman–Crippen LogP) is 5.64. The lowest BCUT2D eigenvalue weighted by atomic mass is 10.0. The maximum absolute atomic E-state index is 15.4. The number of nitrogens with zero attached hydrogens (tertiary/aromatic N) is 4. The second-order valence-electron chi connectivity index (χ2n) is 11.6. The molecule has 0 saturated heterocycles. The summed E-state index contributed by atoms with van der Waals surface area (Å²) in [5.74, 6) is -0.979. The van der Waals surface area contributed by atoms with Gasteiger partial charge in [-0.2, -0.15) is 5.10 Å². The number of carbonyl (C=O) groups is 1. The van der Waals surface area contributed by atoms with Crippen molar-refractivity contribution in [1.29, 1.82) is 0 Å². The summed E-state index contributed by atoms with van der Waals surface area (Å²) in [6.45, 7) is 0. The monoisotopic (exact) mass is 642 g/mol. The van der Waals surface area contributed by atoms with Crippen LogP contribution >= 0.6 is 0 Å². The number of amides is 1. The highest BCUT2D eigenvalue weighted by molar-refractivity contribution is 7.90. The molecule has 234 valence electrons. The van der Waals surface area contributed by atoms with Gasteiger partial charge in [-0.1, -0.05) is 12.8 Å². The van der Waals surface area contributed by atoms with Gasteiger partial charge >= 0.3 is 0 Å². The van der Waals surface area contributed by atoms with Crippen LogP contribution in [-0.4, -0.2) is 50.7 Å². The van der Waals surface area contributed by atoms with E-state index in [0.717, 1.165) is 38.0 Å². The van der Waals surface area contributed by atoms with E-state index in [2.05, 4.69) is 30.5 Å². The van der Waals surface area contributed by atoms with Crippen LogP contribution in [0.15, 0.2) is 61.1 Å². The largest absolute Gasteiger partial charge is 0.337 e. The van der Waals surface area contributed by atoms with Crippen LogP contribution in [0.1, 0.15) is 36.6 Å². The van der Waals surface area contributed by atoms with Gasteiger partial charge in [-0.05, 0) is 66.4 Å². The molecule has 0 spiro atoms. The summed E-state index contributed by atoms with van der Waals surface area (Å²) >= 11 is 0. The Morgan fingerprint density at radius 2 is 1.83 bits per heavy atom. The first-order valence-corrected chi connectivity index (χ1v) is 16.5. The van der Waals surface area contributed by atoms with E-state index >= 15 is 4.39 Å². The topological polar surface area (TPSA) is 172 Å². The highest BCUT2D eigenvalue weighted by Gasteiger charge is 2.24. The van der Waals surface area contributed by atoms with Gasteiger partial charge in [0.15, 0.2) is 21.5 Å². The number of halogens is 2. The molecule has 1 unspecified atom stereocenters. The number of imidazole rings is 1. The molecule has 1 fully saturated rings. The number of H-pyrrole nitrogens is 2. The van der Waals surface area contributed by atoms with Crippen LogP contribution < -0.4 is 11.1 Å². The number of benzene rings is 2. The Labute approximate surface area is 261 Å². The van der Waals surface area contributed by atoms with E-state index in [1.807, 2.05) is 0 Å². The summed E-state index contributed by atoms with van der Waals surface area (Å²) in [7, 11) is -3.69. The highest BCUT2D eigenvalue weighted by Crippen LogP contribution is 2.35. The number of sulfone groups is 1. The number of fused-ring (bicyclic) bond motifs is 2. The molecule has 1 saturated carbocycles. The van der Waals surface area contributed by atoms with Gasteiger partial charge in [-0.25, -0.2) is 22.2 Å². The van der Waals surface area contributed by atoms with Gasteiger partial charge in [0.1, 0.15) is 27.9 Å². The molecule has 1 aliphatic rings. The molecule has 5 N–H and O–H groups in total. The second kappa shape index (κ2) is 11.4. The molecule has 4 heterocycles. The Hall–Kier alpha value is -5.08. The fourth-order valence-electron chi connectivity index (χ4n) is 5.95. The van der Waals surface area contributed by atoms with Crippen molar-refractivity contribution < 1.29 is 22.0 Å². The van der Waals surface area contributed by atoms with Gasteiger partial charge in [0, 0.05) is 41.1 Å². The Bertz CT molecular complexity index is 2260. The number of hydrogen-bond acceptors (Lipinski definition) is 8. The number of carbonyl (C=O) groups excluding carboxylic acids is 1. The fraction of sp³-hybridized carbons (Fsp3) is 0.219. The molecule has 46 heavy (non-hydrogen) atoms. The SMILES string of the molecule is CS(=O)(=O)C(N)c1cc(F)cc(-c2nccc3[nH]c(-c4[nH]nc5c(F)cc(-c6cncc(NC(=O)C7CCCC7)c6)cc45)nc23)c1. The van der Waals surface area contributed by atoms with Crippen molar-refractivity contribution in [3.8, 4) is 33.9 Å². The fourth-order valence-corrected chi connectivity index (χ4v) is 6.58. The average Bonchev–Trinajstić information content (AvgIpc) is 3.80. The van der Waals surface area contributed by atoms with Crippen molar-refractivity contribution in [2.24, 2.45) is 11.7 Å². The summed E-state index contributed by atoms with van der Waals surface area (Å²) in [5.41, 5.74) is 9.59. The summed E-state index contributed by atoms with van der Waals surface area (Å²) in [4.78, 5) is 29.2. The lowest BCUT2D eigenvalue weighted by molar-refractivity contribution is -0.119. The van der Waals surface area contributed by atoms with Crippen LogP contribution in [0.2, 0.25) is 0 Å². The average molecular weight is 643 g/mol. The Morgan fingerprint density at radius 1 is 1.02 bits per heavy atom. The molecular formula is C32H28F2N8O3S. The molecule has 11 nitrogen and oxygen atoms in total. The van der Waals surface area contributed by atoms with E-state index in [1.54, 1.807) is 30.6 Å². The van der Waals surface area contributed by atoms with Crippen molar-refractivity contribution in [3.05, 3.63) is 78.3 Å². The first-order chi connectivity index (χ1) is 22.0. The van der Waals surface area contributed by atoms with Gasteiger partial charge < -0.3 is 16.0 Å². The minimum atomic E-state index is -3.69. The molecule has 6 aromatic rings. The van der Waals surface area contributed by atoms with E-state index in [1.165, 1.54) is 24.4 Å². The lowest BCUT2D eigenvalue weighted by Crippen LogP contribution is -2.20. The number of hydrogen-bond donors (Lipinski definition) is 4. The van der Waals surface area contributed by atoms with E-state index < -0.39 is 26.8 Å². The lowest BCUT2D eigenvalue weighted by Gasteiger charge is -2.12. The molecule has 0 radical (unpaired) electrons. The number of rotatable bonds is 7. The molecule has 1 aliphatic carbocycles. The molecule has 0 aliphatic heterocycles. The predicted molar refractivity (Wildman–Crippen MR) is 170 cm³/mol. The van der Waals surface area contributed by atoms with E-state index in [4.69, 9.17) is 10.7 Å². The zero-order chi connectivity index (χ0) is 32.2. The van der Waals surface area contributed by atoms with Crippen molar-refractivity contribution >= 4 is 43.4 Å². The molecule has 2 aromatic carbocycles. The second-order valence-corrected chi connectivity index (χ2v) is 13.7. The van der Waals surface area contributed by atoms with E-state index in [0.29, 0.717) is 50.4 Å². The smallest absolute Gasteiger partial charge is 0.227 e. The third-order valence-electron chi connectivity index (χ3n) is 8.30. The van der Waals surface area contributed by atoms with Crippen LogP contribution in [0.5, 0.6) is 0 Å². The molecular weight excluding hydrogens is 614 g/mol. The highest BCUT2D eigenvalue weighted by atomic mass is 32.2. The maximum atomic E-state index is 15.4. The Morgan fingerprint density at radius 3 is 2.61 bits per heavy atom. The zero-order valence-electron chi connectivity index (χ0n) is 24.5. The van der Waals surface area contributed by atoms with Crippen LogP contribution in [0.4, 0.5) is 14.5 Å². The zero-order valence-corrected chi connectivity index (χ0v) is 25.3. The minimum absolute atomic E-state index is 0.0153. The molecule has 14 heteroatoms. The van der Waals surface area contributed by atoms with Crippen molar-refractivity contribution in [1.82, 2.24) is 30.1 Å². The van der Waals surface area contributed by atoms with Gasteiger partial charge in [0.25, 0.3) is 0 Å². The van der Waals surface area contributed by atoms with Crippen molar-refractivity contribution in [2.75, 3.05) is 11.6 Å². The van der Waals surface area contributed by atoms with Crippen molar-refractivity contribution in [3.63, 3.8) is 0 Å². The van der Waals surface area contributed by atoms with Crippen LogP contribution in [0, 0.1) is 17.6 Å². The first-order valence-electron chi connectivity index (χ1n) is 14.6. The summed E-state index contributed by atoms with van der Waals surface area (Å²) in [5, 5.41) is 9.00. The maximum Gasteiger partial charge on any atom is 0.227 e. The summed E-state index contributed by atoms with van der Waals surface area (Å²) in [6.07, 6.45) is 9.45. The van der Waals surface area contributed by atoms with Gasteiger partial charge in [0.2, 0.25) is 5.91 Å². The van der Waals surface area contributed by atoms with Gasteiger partial charge in [-0.3, -0.25) is 19.9 Å². The number of anilines is 1. The Balaban J connectivity index is 1.27. The molecule has 1 atom stereocenters. The summed E-state index contributed by atoms with van der Waals surface area (Å²) < 4.78 is 54.2. The van der Waals surface area contributed by atoms with Crippen molar-refractivity contribution in [2.45, 2.75) is 31.1 Å². The third kappa shape index (κ3) is 5.49. The number of aromatic nitrogens is 6. The molecule has 1 amide bonds.